The maximum Gasteiger partial charge on any atom is 0.416 e. The lowest BCUT2D eigenvalue weighted by Crippen LogP contribution is -2.22. The summed E-state index contributed by atoms with van der Waals surface area (Å²) in [6.07, 6.45) is -1.29. The van der Waals surface area contributed by atoms with E-state index in [2.05, 4.69) is 10.1 Å². The third kappa shape index (κ3) is 2.99. The number of hydrogen-bond acceptors (Lipinski definition) is 3. The van der Waals surface area contributed by atoms with Gasteiger partial charge in [0.2, 0.25) is 0 Å². The molecule has 118 valence electrons. The maximum absolute atomic E-state index is 12.5. The summed E-state index contributed by atoms with van der Waals surface area (Å²) in [5, 5.41) is 13.7. The molecule has 4 nitrogen and oxygen atoms in total. The topological polar surface area (TPSA) is 50.9 Å². The molecule has 0 amide bonds. The van der Waals surface area contributed by atoms with Crippen LogP contribution in [-0.4, -0.2) is 26.5 Å². The Morgan fingerprint density at radius 3 is 2.59 bits per heavy atom. The summed E-state index contributed by atoms with van der Waals surface area (Å²) in [5.74, 6) is 1.42. The molecule has 1 unspecified atom stereocenters. The number of aliphatic hydroxyl groups excluding tert-OH is 1. The van der Waals surface area contributed by atoms with Crippen molar-refractivity contribution < 1.29 is 18.3 Å². The maximum atomic E-state index is 12.5. The minimum atomic E-state index is -4.32. The van der Waals surface area contributed by atoms with Gasteiger partial charge in [-0.25, -0.2) is 9.67 Å². The van der Waals surface area contributed by atoms with Crippen molar-refractivity contribution in [3.05, 3.63) is 47.0 Å². The van der Waals surface area contributed by atoms with Crippen LogP contribution in [0.2, 0.25) is 0 Å². The summed E-state index contributed by atoms with van der Waals surface area (Å²) in [7, 11) is 0. The highest BCUT2D eigenvalue weighted by molar-refractivity contribution is 5.26. The van der Waals surface area contributed by atoms with E-state index < -0.39 is 11.7 Å². The van der Waals surface area contributed by atoms with Gasteiger partial charge in [0.15, 0.2) is 5.82 Å². The second-order valence-electron chi connectivity index (χ2n) is 5.49. The summed E-state index contributed by atoms with van der Waals surface area (Å²) in [6, 6.07) is 5.00. The van der Waals surface area contributed by atoms with E-state index in [0.717, 1.165) is 42.8 Å². The molecule has 1 aliphatic rings. The first-order valence-electron chi connectivity index (χ1n) is 7.18. The molecular weight excluding hydrogens is 295 g/mol. The van der Waals surface area contributed by atoms with Crippen molar-refractivity contribution in [2.24, 2.45) is 0 Å². The third-order valence-electron chi connectivity index (χ3n) is 3.88. The smallest absolute Gasteiger partial charge is 0.394 e. The average Bonchev–Trinajstić information content (AvgIpc) is 2.89. The van der Waals surface area contributed by atoms with Gasteiger partial charge >= 0.3 is 6.18 Å². The Kier molecular flexibility index (Phi) is 3.90. The fourth-order valence-corrected chi connectivity index (χ4v) is 2.72. The van der Waals surface area contributed by atoms with Crippen molar-refractivity contribution in [3.8, 4) is 0 Å². The fraction of sp³-hybridized carbons (Fsp3) is 0.467. The molecule has 0 spiro atoms. The van der Waals surface area contributed by atoms with E-state index in [4.69, 9.17) is 0 Å². The Hall–Kier alpha value is -1.89. The summed E-state index contributed by atoms with van der Waals surface area (Å²) < 4.78 is 39.3. The second-order valence-corrected chi connectivity index (χ2v) is 5.49. The Morgan fingerprint density at radius 1 is 1.23 bits per heavy atom. The molecule has 0 aliphatic carbocycles. The zero-order valence-electron chi connectivity index (χ0n) is 11.8. The number of aryl methyl sites for hydroxylation is 1. The number of hydrogen-bond donors (Lipinski definition) is 1. The summed E-state index contributed by atoms with van der Waals surface area (Å²) in [5.41, 5.74) is 0.0742. The highest BCUT2D eigenvalue weighted by Crippen LogP contribution is 2.29. The van der Waals surface area contributed by atoms with Crippen LogP contribution in [0.4, 0.5) is 13.2 Å². The summed E-state index contributed by atoms with van der Waals surface area (Å²) in [6.45, 7) is 0.0239. The summed E-state index contributed by atoms with van der Waals surface area (Å²) in [4.78, 5) is 4.43. The number of fused-ring (bicyclic) bond motifs is 1. The quantitative estimate of drug-likeness (QED) is 0.948. The van der Waals surface area contributed by atoms with Gasteiger partial charge in [-0.3, -0.25) is 0 Å². The first kappa shape index (κ1) is 15.0. The predicted octanol–water partition coefficient (Wildman–Crippen LogP) is 2.76. The Morgan fingerprint density at radius 2 is 1.95 bits per heavy atom. The zero-order valence-corrected chi connectivity index (χ0v) is 11.8. The fourth-order valence-electron chi connectivity index (χ4n) is 2.72. The largest absolute Gasteiger partial charge is 0.416 e. The molecule has 1 aromatic heterocycles. The van der Waals surface area contributed by atoms with Gasteiger partial charge in [-0.2, -0.15) is 18.3 Å². The number of halogens is 3. The molecule has 1 aromatic carbocycles. The lowest BCUT2D eigenvalue weighted by atomic mass is 10.1. The second kappa shape index (κ2) is 5.72. The number of alkyl halides is 3. The minimum absolute atomic E-state index is 0.0239. The van der Waals surface area contributed by atoms with Crippen LogP contribution >= 0.6 is 0 Å². The van der Waals surface area contributed by atoms with Gasteiger partial charge in [0, 0.05) is 12.8 Å². The van der Waals surface area contributed by atoms with E-state index in [1.54, 1.807) is 4.68 Å². The first-order chi connectivity index (χ1) is 10.5. The lowest BCUT2D eigenvalue weighted by Gasteiger charge is -2.20. The van der Waals surface area contributed by atoms with E-state index in [-0.39, 0.29) is 12.6 Å². The van der Waals surface area contributed by atoms with E-state index in [9.17, 15) is 18.3 Å². The number of nitrogens with zero attached hydrogens (tertiary/aromatic N) is 3. The molecule has 2 aromatic rings. The number of benzene rings is 1. The molecular formula is C15H16F3N3O. The molecule has 7 heteroatoms. The summed E-state index contributed by atoms with van der Waals surface area (Å²) >= 11 is 0. The SMILES string of the molecule is OCC1CCCc2nc(Cc3ccc(C(F)(F)F)cc3)nn21. The molecule has 1 atom stereocenters. The molecule has 22 heavy (non-hydrogen) atoms. The molecule has 1 aliphatic heterocycles. The standard InChI is InChI=1S/C15H16F3N3O/c16-15(17,18)11-6-4-10(5-7-11)8-13-19-14-3-1-2-12(9-22)21(14)20-13/h4-7,12,22H,1-3,8-9H2. The zero-order chi connectivity index (χ0) is 15.7. The van der Waals surface area contributed by atoms with Gasteiger partial charge in [-0.1, -0.05) is 12.1 Å². The van der Waals surface area contributed by atoms with E-state index in [1.807, 2.05) is 0 Å². The van der Waals surface area contributed by atoms with Crippen molar-refractivity contribution in [1.82, 2.24) is 14.8 Å². The van der Waals surface area contributed by atoms with Crippen molar-refractivity contribution >= 4 is 0 Å². The van der Waals surface area contributed by atoms with Crippen LogP contribution < -0.4 is 0 Å². The highest BCUT2D eigenvalue weighted by Gasteiger charge is 2.30. The number of aliphatic hydroxyl groups is 1. The predicted molar refractivity (Wildman–Crippen MR) is 73.3 cm³/mol. The monoisotopic (exact) mass is 311 g/mol. The van der Waals surface area contributed by atoms with Gasteiger partial charge in [-0.05, 0) is 30.5 Å². The molecule has 3 rings (SSSR count). The van der Waals surface area contributed by atoms with Crippen LogP contribution in [0.3, 0.4) is 0 Å². The molecule has 0 fully saturated rings. The number of aromatic nitrogens is 3. The highest BCUT2D eigenvalue weighted by atomic mass is 19.4. The Balaban J connectivity index is 1.78. The minimum Gasteiger partial charge on any atom is -0.394 e. The van der Waals surface area contributed by atoms with Crippen LogP contribution in [0, 0.1) is 0 Å². The Labute approximate surface area is 125 Å². The van der Waals surface area contributed by atoms with E-state index in [1.165, 1.54) is 12.1 Å². The van der Waals surface area contributed by atoms with Gasteiger partial charge in [-0.15, -0.1) is 0 Å². The van der Waals surface area contributed by atoms with Crippen LogP contribution in [0.5, 0.6) is 0 Å². The van der Waals surface area contributed by atoms with Crippen LogP contribution in [0.25, 0.3) is 0 Å². The van der Waals surface area contributed by atoms with Crippen LogP contribution in [0.1, 0.15) is 41.7 Å². The van der Waals surface area contributed by atoms with Crippen molar-refractivity contribution in [2.45, 2.75) is 37.9 Å². The Bertz CT molecular complexity index is 649. The van der Waals surface area contributed by atoms with E-state index in [0.29, 0.717) is 12.2 Å². The van der Waals surface area contributed by atoms with Gasteiger partial charge < -0.3 is 5.11 Å². The molecule has 0 bridgehead atoms. The van der Waals surface area contributed by atoms with E-state index >= 15 is 0 Å². The molecule has 0 radical (unpaired) electrons. The average molecular weight is 311 g/mol. The van der Waals surface area contributed by atoms with Crippen LogP contribution in [0.15, 0.2) is 24.3 Å². The van der Waals surface area contributed by atoms with Gasteiger partial charge in [0.05, 0.1) is 18.2 Å². The number of rotatable bonds is 3. The van der Waals surface area contributed by atoms with Crippen molar-refractivity contribution in [2.75, 3.05) is 6.61 Å². The van der Waals surface area contributed by atoms with Crippen molar-refractivity contribution in [3.63, 3.8) is 0 Å². The molecule has 0 saturated carbocycles. The lowest BCUT2D eigenvalue weighted by molar-refractivity contribution is -0.137. The third-order valence-corrected chi connectivity index (χ3v) is 3.88. The van der Waals surface area contributed by atoms with Gasteiger partial charge in [0.25, 0.3) is 0 Å². The van der Waals surface area contributed by atoms with Crippen LogP contribution in [-0.2, 0) is 19.0 Å². The molecule has 1 N–H and O–H groups in total. The molecule has 0 saturated heterocycles. The first-order valence-corrected chi connectivity index (χ1v) is 7.18. The van der Waals surface area contributed by atoms with Crippen molar-refractivity contribution in [1.29, 1.82) is 0 Å². The van der Waals surface area contributed by atoms with Gasteiger partial charge in [0.1, 0.15) is 5.82 Å². The normalized spacial score (nSPS) is 18.3. The molecule has 2 heterocycles.